The minimum atomic E-state index is -0.175. The number of ether oxygens (including phenoxy) is 2. The van der Waals surface area contributed by atoms with Gasteiger partial charge in [0.25, 0.3) is 5.91 Å². The Labute approximate surface area is 143 Å². The van der Waals surface area contributed by atoms with Crippen LogP contribution in [0.5, 0.6) is 5.75 Å². The highest BCUT2D eigenvalue weighted by molar-refractivity contribution is 5.77. The van der Waals surface area contributed by atoms with E-state index in [1.54, 1.807) is 24.3 Å². The lowest BCUT2D eigenvalue weighted by Crippen LogP contribution is -2.46. The maximum atomic E-state index is 11.8. The molecule has 1 fully saturated rings. The Balaban J connectivity index is 1.62. The van der Waals surface area contributed by atoms with Gasteiger partial charge in [-0.3, -0.25) is 9.69 Å². The van der Waals surface area contributed by atoms with Crippen molar-refractivity contribution in [2.75, 3.05) is 32.8 Å². The highest BCUT2D eigenvalue weighted by atomic mass is 16.5. The molecule has 1 aliphatic heterocycles. The van der Waals surface area contributed by atoms with Crippen LogP contribution in [-0.2, 0) is 9.53 Å². The van der Waals surface area contributed by atoms with Crippen molar-refractivity contribution < 1.29 is 14.3 Å². The molecule has 0 aromatic heterocycles. The van der Waals surface area contributed by atoms with Gasteiger partial charge in [-0.15, -0.1) is 0 Å². The number of para-hydroxylation sites is 1. The molecule has 130 valence electrons. The van der Waals surface area contributed by atoms with E-state index in [0.29, 0.717) is 17.9 Å². The van der Waals surface area contributed by atoms with Crippen LogP contribution in [0.15, 0.2) is 24.3 Å². The van der Waals surface area contributed by atoms with Crippen LogP contribution in [0.2, 0.25) is 0 Å². The number of nitrogens with zero attached hydrogens (tertiary/aromatic N) is 2. The molecule has 1 amide bonds. The first kappa shape index (κ1) is 18.2. The van der Waals surface area contributed by atoms with Crippen LogP contribution in [0.1, 0.15) is 25.8 Å². The third-order valence-corrected chi connectivity index (χ3v) is 3.83. The van der Waals surface area contributed by atoms with E-state index in [1.807, 2.05) is 6.07 Å². The first-order valence-corrected chi connectivity index (χ1v) is 8.35. The van der Waals surface area contributed by atoms with Crippen LogP contribution in [0.4, 0.5) is 0 Å². The summed E-state index contributed by atoms with van der Waals surface area (Å²) in [5.41, 5.74) is 0.431. The number of carbonyl (C=O) groups is 1. The molecule has 24 heavy (non-hydrogen) atoms. The van der Waals surface area contributed by atoms with Crippen molar-refractivity contribution in [1.29, 1.82) is 5.26 Å². The summed E-state index contributed by atoms with van der Waals surface area (Å²) in [6, 6.07) is 8.93. The Morgan fingerprint density at radius 2 is 2.08 bits per heavy atom. The molecule has 0 bridgehead atoms. The molecule has 2 unspecified atom stereocenters. The molecule has 1 aromatic carbocycles. The number of nitrogens with one attached hydrogen (secondary N) is 1. The number of nitriles is 1. The molecular formula is C18H25N3O3. The summed E-state index contributed by atoms with van der Waals surface area (Å²) in [5, 5.41) is 11.8. The number of carbonyl (C=O) groups excluding carboxylic acids is 1. The smallest absolute Gasteiger partial charge is 0.257 e. The van der Waals surface area contributed by atoms with E-state index >= 15 is 0 Å². The molecule has 1 N–H and O–H groups in total. The van der Waals surface area contributed by atoms with Crippen molar-refractivity contribution in [3.05, 3.63) is 29.8 Å². The molecule has 2 atom stereocenters. The Kier molecular flexibility index (Phi) is 7.04. The third-order valence-electron chi connectivity index (χ3n) is 3.83. The summed E-state index contributed by atoms with van der Waals surface area (Å²) in [4.78, 5) is 14.2. The first-order valence-electron chi connectivity index (χ1n) is 8.35. The summed E-state index contributed by atoms with van der Waals surface area (Å²) in [6.07, 6.45) is 1.41. The van der Waals surface area contributed by atoms with Crippen molar-refractivity contribution in [3.63, 3.8) is 0 Å². The summed E-state index contributed by atoms with van der Waals surface area (Å²) < 4.78 is 11.1. The second-order valence-electron chi connectivity index (χ2n) is 6.12. The maximum Gasteiger partial charge on any atom is 0.257 e. The first-order chi connectivity index (χ1) is 11.6. The van der Waals surface area contributed by atoms with Crippen molar-refractivity contribution in [2.24, 2.45) is 0 Å². The number of rotatable bonds is 7. The van der Waals surface area contributed by atoms with E-state index < -0.39 is 0 Å². The van der Waals surface area contributed by atoms with E-state index in [0.717, 1.165) is 26.1 Å². The predicted molar refractivity (Wildman–Crippen MR) is 90.7 cm³/mol. The standard InChI is InChI=1S/C18H25N3O3/c1-14-11-21(12-15(2)24-14)9-5-8-20-18(22)13-23-17-7-4-3-6-16(17)10-19/h3-4,6-7,14-15H,5,8-9,11-13H2,1-2H3,(H,20,22). The average Bonchev–Trinajstić information content (AvgIpc) is 2.56. The topological polar surface area (TPSA) is 74.6 Å². The van der Waals surface area contributed by atoms with E-state index in [4.69, 9.17) is 14.7 Å². The zero-order valence-electron chi connectivity index (χ0n) is 14.3. The van der Waals surface area contributed by atoms with Crippen LogP contribution >= 0.6 is 0 Å². The van der Waals surface area contributed by atoms with E-state index in [9.17, 15) is 4.79 Å². The van der Waals surface area contributed by atoms with Gasteiger partial charge in [-0.1, -0.05) is 12.1 Å². The van der Waals surface area contributed by atoms with Crippen LogP contribution in [0.3, 0.4) is 0 Å². The lowest BCUT2D eigenvalue weighted by Gasteiger charge is -2.35. The second kappa shape index (κ2) is 9.26. The summed E-state index contributed by atoms with van der Waals surface area (Å²) in [7, 11) is 0. The van der Waals surface area contributed by atoms with Crippen LogP contribution in [0, 0.1) is 11.3 Å². The normalized spacial score (nSPS) is 21.0. The SMILES string of the molecule is CC1CN(CCCNC(=O)COc2ccccc2C#N)CC(C)O1. The molecule has 1 aromatic rings. The molecule has 0 aliphatic carbocycles. The minimum absolute atomic E-state index is 0.0791. The van der Waals surface area contributed by atoms with Crippen LogP contribution in [-0.4, -0.2) is 55.8 Å². The zero-order valence-corrected chi connectivity index (χ0v) is 14.3. The molecule has 1 heterocycles. The van der Waals surface area contributed by atoms with Gasteiger partial charge in [0, 0.05) is 26.2 Å². The molecule has 0 spiro atoms. The Bertz CT molecular complexity index is 575. The van der Waals surface area contributed by atoms with Crippen molar-refractivity contribution in [3.8, 4) is 11.8 Å². The van der Waals surface area contributed by atoms with Gasteiger partial charge in [-0.2, -0.15) is 5.26 Å². The summed E-state index contributed by atoms with van der Waals surface area (Å²) >= 11 is 0. The maximum absolute atomic E-state index is 11.8. The van der Waals surface area contributed by atoms with Gasteiger partial charge in [0.15, 0.2) is 6.61 Å². The van der Waals surface area contributed by atoms with Gasteiger partial charge < -0.3 is 14.8 Å². The predicted octanol–water partition coefficient (Wildman–Crippen LogP) is 1.55. The fourth-order valence-electron chi connectivity index (χ4n) is 2.88. The van der Waals surface area contributed by atoms with Crippen molar-refractivity contribution in [2.45, 2.75) is 32.5 Å². The number of amides is 1. The fraction of sp³-hybridized carbons (Fsp3) is 0.556. The fourth-order valence-corrected chi connectivity index (χ4v) is 2.88. The Morgan fingerprint density at radius 1 is 1.38 bits per heavy atom. The molecule has 6 nitrogen and oxygen atoms in total. The number of benzene rings is 1. The average molecular weight is 331 g/mol. The van der Waals surface area contributed by atoms with Gasteiger partial charge in [0.05, 0.1) is 17.8 Å². The molecule has 2 rings (SSSR count). The van der Waals surface area contributed by atoms with E-state index in [-0.39, 0.29) is 24.7 Å². The third kappa shape index (κ3) is 5.84. The zero-order chi connectivity index (χ0) is 17.4. The molecule has 6 heteroatoms. The Hall–Kier alpha value is -2.10. The van der Waals surface area contributed by atoms with Gasteiger partial charge in [0.1, 0.15) is 11.8 Å². The largest absolute Gasteiger partial charge is 0.482 e. The lowest BCUT2D eigenvalue weighted by atomic mass is 10.2. The summed E-state index contributed by atoms with van der Waals surface area (Å²) in [5.74, 6) is 0.262. The molecule has 0 saturated carbocycles. The van der Waals surface area contributed by atoms with Crippen LogP contribution < -0.4 is 10.1 Å². The van der Waals surface area contributed by atoms with Gasteiger partial charge in [0.2, 0.25) is 0 Å². The van der Waals surface area contributed by atoms with Crippen LogP contribution in [0.25, 0.3) is 0 Å². The monoisotopic (exact) mass is 331 g/mol. The van der Waals surface area contributed by atoms with Gasteiger partial charge in [-0.05, 0) is 32.4 Å². The molecule has 1 saturated heterocycles. The van der Waals surface area contributed by atoms with E-state index in [1.165, 1.54) is 0 Å². The van der Waals surface area contributed by atoms with Crippen molar-refractivity contribution in [1.82, 2.24) is 10.2 Å². The van der Waals surface area contributed by atoms with Gasteiger partial charge in [-0.25, -0.2) is 0 Å². The second-order valence-corrected chi connectivity index (χ2v) is 6.12. The minimum Gasteiger partial charge on any atom is -0.482 e. The number of hydrogen-bond donors (Lipinski definition) is 1. The highest BCUT2D eigenvalue weighted by Crippen LogP contribution is 2.16. The molecule has 1 aliphatic rings. The molecule has 0 radical (unpaired) electrons. The quantitative estimate of drug-likeness (QED) is 0.767. The van der Waals surface area contributed by atoms with Crippen molar-refractivity contribution >= 4 is 5.91 Å². The molecular weight excluding hydrogens is 306 g/mol. The van der Waals surface area contributed by atoms with Gasteiger partial charge >= 0.3 is 0 Å². The number of hydrogen-bond acceptors (Lipinski definition) is 5. The summed E-state index contributed by atoms with van der Waals surface area (Å²) in [6.45, 7) is 7.52. The number of morpholine rings is 1. The Morgan fingerprint density at radius 3 is 2.79 bits per heavy atom. The van der Waals surface area contributed by atoms with E-state index in [2.05, 4.69) is 24.1 Å². The highest BCUT2D eigenvalue weighted by Gasteiger charge is 2.21. The lowest BCUT2D eigenvalue weighted by molar-refractivity contribution is -0.123.